The molecule has 148 valence electrons. The Bertz CT molecular complexity index is 954. The van der Waals surface area contributed by atoms with Crippen molar-refractivity contribution < 1.29 is 30.9 Å². The predicted molar refractivity (Wildman–Crippen MR) is 90.8 cm³/mol. The SMILES string of the molecule is Cc1noc(C)c1S(=O)(=O)NC(C)C(=O)Nc1ccc(Cl)c(C(F)(F)F)c1. The summed E-state index contributed by atoms with van der Waals surface area (Å²) in [5, 5.41) is 5.22. The fraction of sp³-hybridized carbons (Fsp3) is 0.333. The van der Waals surface area contributed by atoms with Gasteiger partial charge in [0.25, 0.3) is 0 Å². The number of nitrogens with zero attached hydrogens (tertiary/aromatic N) is 1. The molecule has 1 heterocycles. The highest BCUT2D eigenvalue weighted by atomic mass is 35.5. The van der Waals surface area contributed by atoms with Gasteiger partial charge in [-0.2, -0.15) is 17.9 Å². The van der Waals surface area contributed by atoms with Crippen LogP contribution in [0.25, 0.3) is 0 Å². The molecule has 0 spiro atoms. The Morgan fingerprint density at radius 3 is 2.44 bits per heavy atom. The van der Waals surface area contributed by atoms with Gasteiger partial charge in [-0.05, 0) is 39.0 Å². The predicted octanol–water partition coefficient (Wildman–Crippen LogP) is 3.27. The molecule has 27 heavy (non-hydrogen) atoms. The molecule has 0 radical (unpaired) electrons. The van der Waals surface area contributed by atoms with Crippen LogP contribution >= 0.6 is 11.6 Å². The van der Waals surface area contributed by atoms with Crippen molar-refractivity contribution in [2.75, 3.05) is 5.32 Å². The number of anilines is 1. The van der Waals surface area contributed by atoms with Gasteiger partial charge in [0.15, 0.2) is 5.76 Å². The lowest BCUT2D eigenvalue weighted by atomic mass is 10.2. The molecule has 0 bridgehead atoms. The summed E-state index contributed by atoms with van der Waals surface area (Å²) in [5.41, 5.74) is -1.19. The van der Waals surface area contributed by atoms with Crippen LogP contribution < -0.4 is 10.0 Å². The number of aromatic nitrogens is 1. The summed E-state index contributed by atoms with van der Waals surface area (Å²) < 4.78 is 70.3. The van der Waals surface area contributed by atoms with Crippen molar-refractivity contribution in [3.63, 3.8) is 0 Å². The minimum Gasteiger partial charge on any atom is -0.360 e. The third kappa shape index (κ3) is 4.79. The third-order valence-electron chi connectivity index (χ3n) is 3.50. The lowest BCUT2D eigenvalue weighted by Gasteiger charge is -2.16. The second-order valence-corrected chi connectivity index (χ2v) is 7.74. The number of amides is 1. The number of nitrogens with one attached hydrogen (secondary N) is 2. The van der Waals surface area contributed by atoms with Gasteiger partial charge in [0, 0.05) is 5.69 Å². The molecule has 12 heteroatoms. The quantitative estimate of drug-likeness (QED) is 0.765. The lowest BCUT2D eigenvalue weighted by molar-refractivity contribution is -0.137. The van der Waals surface area contributed by atoms with Crippen molar-refractivity contribution in [2.24, 2.45) is 0 Å². The number of carbonyl (C=O) groups excluding carboxylic acids is 1. The smallest absolute Gasteiger partial charge is 0.360 e. The molecule has 1 atom stereocenters. The van der Waals surface area contributed by atoms with Crippen LogP contribution in [0.3, 0.4) is 0 Å². The van der Waals surface area contributed by atoms with Gasteiger partial charge < -0.3 is 9.84 Å². The van der Waals surface area contributed by atoms with Gasteiger partial charge >= 0.3 is 6.18 Å². The van der Waals surface area contributed by atoms with Crippen LogP contribution in [-0.4, -0.2) is 25.5 Å². The number of aryl methyl sites for hydroxylation is 2. The highest BCUT2D eigenvalue weighted by Crippen LogP contribution is 2.36. The molecule has 0 fully saturated rings. The van der Waals surface area contributed by atoms with E-state index in [9.17, 15) is 26.4 Å². The fourth-order valence-electron chi connectivity index (χ4n) is 2.27. The number of hydrogen-bond donors (Lipinski definition) is 2. The van der Waals surface area contributed by atoms with Crippen molar-refractivity contribution >= 4 is 33.2 Å². The van der Waals surface area contributed by atoms with Gasteiger partial charge in [-0.3, -0.25) is 4.79 Å². The maximum absolute atomic E-state index is 12.9. The second-order valence-electron chi connectivity index (χ2n) is 5.68. The molecule has 1 aromatic heterocycles. The highest BCUT2D eigenvalue weighted by molar-refractivity contribution is 7.89. The molecule has 2 N–H and O–H groups in total. The van der Waals surface area contributed by atoms with Crippen molar-refractivity contribution in [3.05, 3.63) is 40.2 Å². The number of halogens is 4. The number of sulfonamides is 1. The molecule has 0 saturated carbocycles. The van der Waals surface area contributed by atoms with Crippen molar-refractivity contribution in [1.82, 2.24) is 9.88 Å². The molecule has 0 aliphatic rings. The Balaban J connectivity index is 2.17. The third-order valence-corrected chi connectivity index (χ3v) is 5.61. The minimum absolute atomic E-state index is 0.0418. The van der Waals surface area contributed by atoms with E-state index in [4.69, 9.17) is 16.1 Å². The standard InChI is InChI=1S/C15H15ClF3N3O4S/c1-7-13(9(3)26-21-7)27(24,25)22-8(2)14(23)20-10-4-5-12(16)11(6-10)15(17,18)19/h4-6,8,22H,1-3H3,(H,20,23). The molecular formula is C15H15ClF3N3O4S. The summed E-state index contributed by atoms with van der Waals surface area (Å²) in [4.78, 5) is 12.0. The zero-order valence-corrected chi connectivity index (χ0v) is 15.9. The van der Waals surface area contributed by atoms with Gasteiger partial charge in [-0.25, -0.2) is 8.42 Å². The Hall–Kier alpha value is -2.11. The van der Waals surface area contributed by atoms with Crippen molar-refractivity contribution in [2.45, 2.75) is 37.9 Å². The Morgan fingerprint density at radius 2 is 1.93 bits per heavy atom. The fourth-order valence-corrected chi connectivity index (χ4v) is 4.03. The van der Waals surface area contributed by atoms with Gasteiger partial charge in [-0.15, -0.1) is 0 Å². The van der Waals surface area contributed by atoms with E-state index in [1.807, 2.05) is 0 Å². The van der Waals surface area contributed by atoms with E-state index >= 15 is 0 Å². The van der Waals surface area contributed by atoms with E-state index < -0.39 is 38.7 Å². The van der Waals surface area contributed by atoms with Gasteiger partial charge in [0.1, 0.15) is 10.6 Å². The largest absolute Gasteiger partial charge is 0.417 e. The molecule has 1 amide bonds. The van der Waals surface area contributed by atoms with E-state index in [0.717, 1.165) is 6.07 Å². The second kappa shape index (κ2) is 7.49. The number of carbonyl (C=O) groups is 1. The Kier molecular flexibility index (Phi) is 5.88. The van der Waals surface area contributed by atoms with Crippen LogP contribution in [0, 0.1) is 13.8 Å². The number of rotatable bonds is 5. The average Bonchev–Trinajstić information content (AvgIpc) is 2.87. The Labute approximate surface area is 157 Å². The minimum atomic E-state index is -4.70. The molecule has 2 rings (SSSR count). The molecule has 0 aliphatic carbocycles. The van der Waals surface area contributed by atoms with Gasteiger partial charge in [-0.1, -0.05) is 16.8 Å². The topological polar surface area (TPSA) is 101 Å². The highest BCUT2D eigenvalue weighted by Gasteiger charge is 2.34. The lowest BCUT2D eigenvalue weighted by Crippen LogP contribution is -2.41. The average molecular weight is 426 g/mol. The monoisotopic (exact) mass is 425 g/mol. The van der Waals surface area contributed by atoms with Crippen LogP contribution in [0.1, 0.15) is 23.9 Å². The van der Waals surface area contributed by atoms with Crippen LogP contribution in [0.2, 0.25) is 5.02 Å². The number of benzene rings is 1. The zero-order chi connectivity index (χ0) is 20.6. The first-order valence-electron chi connectivity index (χ1n) is 7.45. The van der Waals surface area contributed by atoms with Crippen LogP contribution in [-0.2, 0) is 21.0 Å². The van der Waals surface area contributed by atoms with Crippen molar-refractivity contribution in [1.29, 1.82) is 0 Å². The summed E-state index contributed by atoms with van der Waals surface area (Å²) in [6.07, 6.45) is -4.70. The van der Waals surface area contributed by atoms with Gasteiger partial charge in [0.05, 0.1) is 16.6 Å². The normalized spacial score (nSPS) is 13.4. The van der Waals surface area contributed by atoms with E-state index in [1.165, 1.54) is 26.8 Å². The Morgan fingerprint density at radius 1 is 1.30 bits per heavy atom. The maximum atomic E-state index is 12.9. The molecule has 1 aromatic carbocycles. The van der Waals surface area contributed by atoms with E-state index in [-0.39, 0.29) is 22.0 Å². The maximum Gasteiger partial charge on any atom is 0.417 e. The molecule has 0 aliphatic heterocycles. The molecule has 2 aromatic rings. The summed E-state index contributed by atoms with van der Waals surface area (Å²) in [5.74, 6) is -0.819. The van der Waals surface area contributed by atoms with Crippen LogP contribution in [0.15, 0.2) is 27.6 Å². The van der Waals surface area contributed by atoms with E-state index in [1.54, 1.807) is 0 Å². The molecule has 0 saturated heterocycles. The summed E-state index contributed by atoms with van der Waals surface area (Å²) in [6.45, 7) is 4.06. The summed E-state index contributed by atoms with van der Waals surface area (Å²) in [7, 11) is -4.12. The first-order chi connectivity index (χ1) is 12.3. The van der Waals surface area contributed by atoms with E-state index in [2.05, 4.69) is 15.2 Å². The van der Waals surface area contributed by atoms with Gasteiger partial charge in [0.2, 0.25) is 15.9 Å². The zero-order valence-electron chi connectivity index (χ0n) is 14.3. The van der Waals surface area contributed by atoms with Crippen LogP contribution in [0.4, 0.5) is 18.9 Å². The summed E-state index contributed by atoms with van der Waals surface area (Å²) >= 11 is 5.51. The number of alkyl halides is 3. The molecule has 1 unspecified atom stereocenters. The summed E-state index contributed by atoms with van der Waals surface area (Å²) in [6, 6.07) is 1.54. The van der Waals surface area contributed by atoms with Crippen molar-refractivity contribution in [3.8, 4) is 0 Å². The number of hydrogen-bond acceptors (Lipinski definition) is 5. The molecular weight excluding hydrogens is 411 g/mol. The van der Waals surface area contributed by atoms with Crippen LogP contribution in [0.5, 0.6) is 0 Å². The first kappa shape index (κ1) is 21.2. The van der Waals surface area contributed by atoms with E-state index in [0.29, 0.717) is 6.07 Å². The first-order valence-corrected chi connectivity index (χ1v) is 9.32. The molecule has 7 nitrogen and oxygen atoms in total.